The van der Waals surface area contributed by atoms with Gasteiger partial charge in [-0.2, -0.15) is 0 Å². The van der Waals surface area contributed by atoms with Crippen LogP contribution >= 0.6 is 22.6 Å². The van der Waals surface area contributed by atoms with E-state index in [0.29, 0.717) is 48.6 Å². The average molecular weight is 970 g/mol. The molecule has 18 heteroatoms. The van der Waals surface area contributed by atoms with Crippen LogP contribution in [0.5, 0.6) is 0 Å². The fraction of sp³-hybridized carbons (Fsp3) is 0.951. The van der Waals surface area contributed by atoms with Gasteiger partial charge in [0.25, 0.3) is 5.54 Å². The van der Waals surface area contributed by atoms with E-state index < -0.39 is 16.7 Å². The Bertz CT molecular complexity index is 1500. The second kappa shape index (κ2) is 18.7. The van der Waals surface area contributed by atoms with Gasteiger partial charge in [-0.1, -0.05) is 50.3 Å². The summed E-state index contributed by atoms with van der Waals surface area (Å²) in [5.74, 6) is 0.921. The van der Waals surface area contributed by atoms with Crippen molar-refractivity contribution in [3.8, 4) is 0 Å². The zero-order chi connectivity index (χ0) is 45.4. The molecule has 0 amide bonds. The molecule has 6 aliphatic heterocycles. The molecule has 354 valence electrons. The van der Waals surface area contributed by atoms with Crippen molar-refractivity contribution in [2.75, 3.05) is 114 Å². The molecule has 8 rings (SSSR count). The van der Waals surface area contributed by atoms with Gasteiger partial charge in [0.05, 0.1) is 37.3 Å². The molecule has 0 aromatic heterocycles. The van der Waals surface area contributed by atoms with Gasteiger partial charge in [0.2, 0.25) is 6.04 Å². The Morgan fingerprint density at radius 3 is 1.20 bits per heavy atom. The van der Waals surface area contributed by atoms with Gasteiger partial charge in [-0.05, 0) is 73.8 Å². The highest BCUT2D eigenvalue weighted by Crippen LogP contribution is 2.55. The predicted octanol–water partition coefficient (Wildman–Crippen LogP) is 3.18. The topological polar surface area (TPSA) is 215 Å². The SMILES string of the molecule is CC1(C)CC(=O)CC12CNC2.CN1CC(I)C1.CN1CC(N)(C(C)(C)O)C1.CN1CC([N+](=O)[O-])(C(C)(C)O)C1.CN1CC([N+](=O)[O-])C1.CN1CC2(CC(=O)CC2(C)C)C1.[2HH].[2HH].[2HH].[2HH].[2HH].[2HH]. The standard InChI is InChI=1S/C10H17NO.C9H15NO.C7H14N2O3.C7H16N2O.C4H8IN.C4H8N2O2.6H2/c1-9(2)4-8(12)5-10(9)6-11(3)7-10;1-8(2)3-7(11)4-9(8)5-10-6-9;1-6(2,10)7(9(11)12)4-8(3)5-7;1-6(2,10)7(8)4-9(3)5-7;1-6-2-4(5)3-6;1-5-2-4(3-5)6(7)8;;;;;;/h4-7H2,1-3H3;10H,3-6H2,1-2H3;10H,4-5H2,1-3H3;10H,4-5,8H2,1-3H3;4H,2-3H2,1H3;4H,2-3H2,1H3;6*1H/i;;;;;;6*1+1. The lowest BCUT2D eigenvalue weighted by Gasteiger charge is -2.53. The summed E-state index contributed by atoms with van der Waals surface area (Å²) in [6.45, 7) is 25.8. The van der Waals surface area contributed by atoms with Crippen LogP contribution in [0.1, 0.15) is 89.6 Å². The monoisotopic (exact) mass is 970 g/mol. The Balaban J connectivity index is -0.000000341. The van der Waals surface area contributed by atoms with E-state index in [1.807, 2.05) is 23.9 Å². The summed E-state index contributed by atoms with van der Waals surface area (Å²) in [7, 11) is 9.95. The molecular weight excluding hydrogens is 873 g/mol. The van der Waals surface area contributed by atoms with Crippen LogP contribution in [-0.2, 0) is 9.59 Å². The summed E-state index contributed by atoms with van der Waals surface area (Å²) in [6.07, 6.45) is 3.22. The van der Waals surface area contributed by atoms with E-state index in [1.54, 1.807) is 20.9 Å². The van der Waals surface area contributed by atoms with Crippen LogP contribution in [0.25, 0.3) is 0 Å². The van der Waals surface area contributed by atoms with Gasteiger partial charge in [-0.15, -0.1) is 0 Å². The smallest absolute Gasteiger partial charge is 0.274 e. The van der Waals surface area contributed by atoms with Crippen molar-refractivity contribution in [1.29, 1.82) is 0 Å². The third-order valence-electron chi connectivity index (χ3n) is 14.5. The number of hydrogen-bond acceptors (Lipinski definition) is 15. The molecule has 17 nitrogen and oxygen atoms in total. The zero-order valence-electron chi connectivity index (χ0n) is 38.4. The van der Waals surface area contributed by atoms with Crippen LogP contribution in [0.4, 0.5) is 0 Å². The molecule has 0 aromatic rings. The summed E-state index contributed by atoms with van der Waals surface area (Å²) >= 11 is 2.47. The lowest BCUT2D eigenvalue weighted by atomic mass is 9.63. The maximum atomic E-state index is 11.4. The number of carbonyl (C=O) groups excluding carboxylic acids is 2. The van der Waals surface area contributed by atoms with Crippen molar-refractivity contribution < 1.29 is 38.2 Å². The number of likely N-dealkylation sites (tertiary alicyclic amines) is 5. The van der Waals surface area contributed by atoms with Crippen LogP contribution in [-0.4, -0.2) is 202 Å². The van der Waals surface area contributed by atoms with Crippen molar-refractivity contribution in [2.45, 2.75) is 113 Å². The minimum Gasteiger partial charge on any atom is -0.388 e. The first kappa shape index (κ1) is 51.9. The van der Waals surface area contributed by atoms with E-state index in [-0.39, 0.29) is 40.8 Å². The quantitative estimate of drug-likeness (QED) is 0.138. The Morgan fingerprint density at radius 1 is 0.678 bits per heavy atom. The first-order chi connectivity index (χ1) is 26.6. The van der Waals surface area contributed by atoms with Crippen LogP contribution in [0.15, 0.2) is 0 Å². The molecule has 0 radical (unpaired) electrons. The number of nitro groups is 2. The fourth-order valence-electron chi connectivity index (χ4n) is 9.58. The Morgan fingerprint density at radius 2 is 1.07 bits per heavy atom. The number of aliphatic hydroxyl groups is 2. The number of Topliss-reactive ketones (excluding diaryl/α,β-unsaturated/α-hetero) is 2. The molecule has 6 heterocycles. The molecule has 8 aliphatic rings. The highest BCUT2D eigenvalue weighted by molar-refractivity contribution is 14.1. The second-order valence-electron chi connectivity index (χ2n) is 21.8. The van der Waals surface area contributed by atoms with Crippen LogP contribution < -0.4 is 11.1 Å². The number of carbonyl (C=O) groups is 2. The van der Waals surface area contributed by atoms with Gasteiger partial charge in [-0.25, -0.2) is 0 Å². The molecule has 2 saturated carbocycles. The maximum Gasteiger partial charge on any atom is 0.274 e. The molecule has 2 spiro atoms. The van der Waals surface area contributed by atoms with E-state index >= 15 is 0 Å². The zero-order valence-corrected chi connectivity index (χ0v) is 40.6. The number of hydrogen-bond donors (Lipinski definition) is 4. The maximum absolute atomic E-state index is 11.4. The van der Waals surface area contributed by atoms with Crippen molar-refractivity contribution in [3.63, 3.8) is 0 Å². The number of halogens is 1. The minimum atomic E-state index is -1.25. The Hall–Kier alpha value is -1.49. The van der Waals surface area contributed by atoms with Crippen molar-refractivity contribution in [2.24, 2.45) is 27.4 Å². The van der Waals surface area contributed by atoms with Gasteiger partial charge in [0.15, 0.2) is 0 Å². The first-order valence-corrected chi connectivity index (χ1v) is 22.2. The molecule has 59 heavy (non-hydrogen) atoms. The first-order valence-electron chi connectivity index (χ1n) is 21.0. The van der Waals surface area contributed by atoms with Gasteiger partial charge in [-0.3, -0.25) is 39.6 Å². The third kappa shape index (κ3) is 12.0. The van der Waals surface area contributed by atoms with E-state index in [1.165, 1.54) is 26.9 Å². The largest absolute Gasteiger partial charge is 0.388 e. The van der Waals surface area contributed by atoms with E-state index in [4.69, 9.17) is 5.73 Å². The van der Waals surface area contributed by atoms with E-state index in [2.05, 4.69) is 84.4 Å². The number of alkyl halides is 1. The molecule has 0 aromatic carbocycles. The molecule has 8 fully saturated rings. The highest BCUT2D eigenvalue weighted by atomic mass is 127. The van der Waals surface area contributed by atoms with E-state index in [0.717, 1.165) is 68.9 Å². The van der Waals surface area contributed by atoms with Crippen LogP contribution in [0, 0.1) is 41.9 Å². The number of ketones is 2. The number of nitrogens with one attached hydrogen (secondary N) is 1. The third-order valence-corrected chi connectivity index (χ3v) is 15.3. The highest BCUT2D eigenvalue weighted by Gasteiger charge is 2.63. The number of nitrogens with zero attached hydrogens (tertiary/aromatic N) is 7. The average Bonchev–Trinajstić information content (AvgIpc) is 3.37. The lowest BCUT2D eigenvalue weighted by molar-refractivity contribution is -0.610. The second-order valence-corrected chi connectivity index (χ2v) is 23.5. The van der Waals surface area contributed by atoms with Crippen molar-refractivity contribution >= 4 is 34.2 Å². The summed E-state index contributed by atoms with van der Waals surface area (Å²) in [4.78, 5) is 53.1. The normalized spacial score (nSPS) is 27.6. The molecule has 0 unspecified atom stereocenters. The minimum absolute atomic E-state index is 0. The fourth-order valence-corrected chi connectivity index (χ4v) is 10.9. The summed E-state index contributed by atoms with van der Waals surface area (Å²) < 4.78 is 0.938. The van der Waals surface area contributed by atoms with Crippen molar-refractivity contribution in [3.05, 3.63) is 20.2 Å². The van der Waals surface area contributed by atoms with Crippen molar-refractivity contribution in [1.82, 2.24) is 29.8 Å². The summed E-state index contributed by atoms with van der Waals surface area (Å²) in [6, 6.07) is -0.292. The molecule has 5 N–H and O–H groups in total. The van der Waals surface area contributed by atoms with Gasteiger partial charge in [0, 0.05) is 111 Å². The number of rotatable bonds is 4. The molecular formula is C41H90IN9O8. The number of nitrogens with two attached hydrogens (primary N) is 1. The Labute approximate surface area is 375 Å². The van der Waals surface area contributed by atoms with Gasteiger partial charge in [0.1, 0.15) is 17.2 Å². The van der Waals surface area contributed by atoms with Crippen LogP contribution in [0.3, 0.4) is 0 Å². The summed E-state index contributed by atoms with van der Waals surface area (Å²) in [5, 5.41) is 43.1. The summed E-state index contributed by atoms with van der Waals surface area (Å²) in [5.41, 5.74) is 3.48. The van der Waals surface area contributed by atoms with Crippen LogP contribution in [0.2, 0.25) is 0 Å². The molecule has 0 atom stereocenters. The molecule has 2 aliphatic carbocycles. The predicted molar refractivity (Wildman–Crippen MR) is 252 cm³/mol. The Kier molecular flexibility index (Phi) is 16.4. The lowest BCUT2D eigenvalue weighted by Crippen LogP contribution is -2.75. The number of likely N-dealkylation sites (N-methyl/N-ethyl adjacent to an activating group) is 3. The molecule has 0 bridgehead atoms. The van der Waals surface area contributed by atoms with E-state index in [9.17, 15) is 40.0 Å². The van der Waals surface area contributed by atoms with Gasteiger partial charge >= 0.3 is 0 Å². The molecule has 6 saturated heterocycles. The van der Waals surface area contributed by atoms with Gasteiger partial charge < -0.3 is 36.0 Å².